The van der Waals surface area contributed by atoms with Crippen LogP contribution in [0, 0.1) is 31.8 Å². The van der Waals surface area contributed by atoms with E-state index in [0.717, 1.165) is 50.6 Å². The molecule has 0 N–H and O–H groups in total. The third-order valence-corrected chi connectivity index (χ3v) is 15.3. The molecular weight excluding hydrogens is 1120 g/mol. The van der Waals surface area contributed by atoms with Gasteiger partial charge in [-0.15, -0.1) is 59.7 Å². The van der Waals surface area contributed by atoms with Crippen molar-refractivity contribution in [1.82, 2.24) is 9.97 Å². The van der Waals surface area contributed by atoms with Crippen molar-refractivity contribution in [2.75, 3.05) is 9.80 Å². The number of hydrogen-bond donors (Lipinski definition) is 0. The number of aryl methyl sites for hydroxylation is 2. The minimum atomic E-state index is -0.275. The van der Waals surface area contributed by atoms with Gasteiger partial charge in [-0.05, 0) is 146 Å². The molecule has 0 saturated heterocycles. The molecule has 1 radical (unpaired) electrons. The first-order chi connectivity index (χ1) is 35.9. The van der Waals surface area contributed by atoms with E-state index in [1.807, 2.05) is 50.5 Å². The van der Waals surface area contributed by atoms with Gasteiger partial charge < -0.3 is 19.8 Å². The zero-order chi connectivity index (χ0) is 54.1. The summed E-state index contributed by atoms with van der Waals surface area (Å²) in [5.74, 6) is -0.275. The molecule has 0 amide bonds. The van der Waals surface area contributed by atoms with Crippen LogP contribution in [-0.2, 0) is 41.8 Å². The van der Waals surface area contributed by atoms with Crippen LogP contribution in [0.15, 0.2) is 170 Å². The minimum absolute atomic E-state index is 0. The number of nitrogens with zero attached hydrogens (tertiary/aromatic N) is 4. The first-order valence-corrected chi connectivity index (χ1v) is 26.8. The smallest absolute Gasteiger partial charge is 0.252 e. The van der Waals surface area contributed by atoms with E-state index in [9.17, 15) is 4.39 Å². The van der Waals surface area contributed by atoms with Crippen molar-refractivity contribution >= 4 is 57.2 Å². The molecule has 0 atom stereocenters. The summed E-state index contributed by atoms with van der Waals surface area (Å²) in [6.45, 7) is 31.8. The van der Waals surface area contributed by atoms with Gasteiger partial charge in [0.2, 0.25) is 0 Å². The molecule has 2 aliphatic rings. The summed E-state index contributed by atoms with van der Waals surface area (Å²) in [6.07, 6.45) is 3.67. The maximum atomic E-state index is 12.7. The Hall–Kier alpha value is -6.92. The molecular formula is C70H70BFIrN4-2. The van der Waals surface area contributed by atoms with Gasteiger partial charge in [0.15, 0.2) is 0 Å². The molecule has 0 unspecified atom stereocenters. The quantitative estimate of drug-likeness (QED) is 0.127. The molecule has 0 spiro atoms. The third kappa shape index (κ3) is 11.0. The fourth-order valence-electron chi connectivity index (χ4n) is 10.5. The van der Waals surface area contributed by atoms with E-state index in [4.69, 9.17) is 0 Å². The van der Waals surface area contributed by atoms with Crippen LogP contribution in [0.4, 0.5) is 38.5 Å². The molecule has 4 nitrogen and oxygen atoms in total. The van der Waals surface area contributed by atoms with Gasteiger partial charge in [-0.3, -0.25) is 4.39 Å². The number of anilines is 6. The minimum Gasteiger partial charge on any atom is -0.311 e. The van der Waals surface area contributed by atoms with Crippen LogP contribution in [-0.4, -0.2) is 16.7 Å². The number of fused-ring (bicyclic) bond motifs is 4. The molecule has 0 fully saturated rings. The Kier molecular flexibility index (Phi) is 14.8. The summed E-state index contributed by atoms with van der Waals surface area (Å²) in [5, 5.41) is 0. The van der Waals surface area contributed by atoms with Gasteiger partial charge in [0, 0.05) is 72.4 Å². The summed E-state index contributed by atoms with van der Waals surface area (Å²) < 4.78 is 12.7. The summed E-state index contributed by atoms with van der Waals surface area (Å²) in [4.78, 5) is 14.0. The fraction of sp³-hybridized carbons (Fsp3) is 0.257. The van der Waals surface area contributed by atoms with E-state index < -0.39 is 0 Å². The van der Waals surface area contributed by atoms with Gasteiger partial charge >= 0.3 is 0 Å². The Morgan fingerprint density at radius 3 is 1.35 bits per heavy atom. The van der Waals surface area contributed by atoms with E-state index in [0.29, 0.717) is 0 Å². The van der Waals surface area contributed by atoms with Crippen molar-refractivity contribution in [1.29, 1.82) is 0 Å². The zero-order valence-corrected chi connectivity index (χ0v) is 49.6. The monoisotopic (exact) mass is 1190 g/mol. The van der Waals surface area contributed by atoms with Crippen molar-refractivity contribution in [3.05, 3.63) is 221 Å². The topological polar surface area (TPSA) is 32.3 Å². The summed E-state index contributed by atoms with van der Waals surface area (Å²) in [7, 11) is 0. The largest absolute Gasteiger partial charge is 0.311 e. The zero-order valence-electron chi connectivity index (χ0n) is 47.2. The predicted molar refractivity (Wildman–Crippen MR) is 321 cm³/mol. The first kappa shape index (κ1) is 54.9. The van der Waals surface area contributed by atoms with E-state index in [-0.39, 0.29) is 54.3 Å². The average molecular weight is 1190 g/mol. The van der Waals surface area contributed by atoms with Crippen LogP contribution < -0.4 is 26.2 Å². The van der Waals surface area contributed by atoms with Crippen LogP contribution in [0.25, 0.3) is 33.6 Å². The second-order valence-corrected chi connectivity index (χ2v) is 25.0. The van der Waals surface area contributed by atoms with E-state index >= 15 is 0 Å². The number of pyridine rings is 2. The fourth-order valence-corrected chi connectivity index (χ4v) is 10.5. The van der Waals surface area contributed by atoms with E-state index in [1.165, 1.54) is 79.1 Å². The summed E-state index contributed by atoms with van der Waals surface area (Å²) in [5.41, 5.74) is 24.7. The first-order valence-electron chi connectivity index (χ1n) is 26.8. The molecule has 11 rings (SSSR count). The molecule has 2 aliphatic heterocycles. The maximum absolute atomic E-state index is 12.7. The van der Waals surface area contributed by atoms with E-state index in [2.05, 4.69) is 230 Å². The molecule has 7 aromatic carbocycles. The average Bonchev–Trinajstić information content (AvgIpc) is 3.48. The van der Waals surface area contributed by atoms with Crippen molar-refractivity contribution in [2.24, 2.45) is 0 Å². The molecule has 0 saturated carbocycles. The normalized spacial score (nSPS) is 12.9. The summed E-state index contributed by atoms with van der Waals surface area (Å²) >= 11 is 0. The van der Waals surface area contributed by atoms with Gasteiger partial charge in [0.1, 0.15) is 0 Å². The van der Waals surface area contributed by atoms with Crippen molar-refractivity contribution < 1.29 is 24.5 Å². The van der Waals surface area contributed by atoms with Crippen LogP contribution >= 0.6 is 0 Å². The Balaban J connectivity index is 0.000000388. The van der Waals surface area contributed by atoms with Crippen molar-refractivity contribution in [2.45, 2.75) is 119 Å². The van der Waals surface area contributed by atoms with Gasteiger partial charge in [0.25, 0.3) is 6.71 Å². The Morgan fingerprint density at radius 1 is 0.442 bits per heavy atom. The molecule has 9 aromatic rings. The summed E-state index contributed by atoms with van der Waals surface area (Å²) in [6, 6.07) is 63.4. The Bertz CT molecular complexity index is 3430. The SMILES string of the molecule is CC(C)(C)c1ccc(N2c3ccc(C(C)(C)C)cc3B3c4cc(C(C)(C)C)ccc4N(c4ccc(C(C)(C)C)cc4)c4cc(-c5c[c-]c(-c6ccccn6)cc5)cc2c43)cc1.Cc1cnc(-c2[c-]cc(F)cc2)cc1C.[Ir]. The van der Waals surface area contributed by atoms with Crippen LogP contribution in [0.5, 0.6) is 0 Å². The van der Waals surface area contributed by atoms with Gasteiger partial charge in [-0.2, -0.15) is 0 Å². The van der Waals surface area contributed by atoms with Crippen molar-refractivity contribution in [3.8, 4) is 33.6 Å². The molecule has 0 bridgehead atoms. The van der Waals surface area contributed by atoms with Crippen LogP contribution in [0.1, 0.15) is 116 Å². The van der Waals surface area contributed by atoms with Crippen molar-refractivity contribution in [3.63, 3.8) is 0 Å². The molecule has 2 aromatic heterocycles. The molecule has 77 heavy (non-hydrogen) atoms. The van der Waals surface area contributed by atoms with Gasteiger partial charge in [-0.1, -0.05) is 167 Å². The number of rotatable bonds is 5. The number of benzene rings is 7. The van der Waals surface area contributed by atoms with Gasteiger partial charge in [0.05, 0.1) is 0 Å². The standard InChI is InChI=1S/C57H59BN3.C13H11FN.Ir/c1-54(2,3)40-20-26-44(27-21-40)60-49-30-24-42(56(7,8)9)35-46(49)58-47-36-43(57(10,11)12)25-31-50(47)61(45-28-22-41(23-29-45)55(4,5)6)52-34-39(33-51(60)53(52)58)37-16-18-38(19-17-37)48-15-13-14-32-59-48;1-9-7-13(15-8-10(9)2)11-3-5-12(14)6-4-11;/h13-18,20-36H,1-12H3;3,5-8H,1-2H3;/q2*-1;. The Labute approximate surface area is 472 Å². The number of hydrogen-bond acceptors (Lipinski definition) is 4. The Morgan fingerprint density at radius 2 is 0.922 bits per heavy atom. The molecule has 0 aliphatic carbocycles. The third-order valence-electron chi connectivity index (χ3n) is 15.3. The van der Waals surface area contributed by atoms with Gasteiger partial charge in [-0.25, -0.2) is 0 Å². The number of aromatic nitrogens is 2. The molecule has 4 heterocycles. The van der Waals surface area contributed by atoms with E-state index in [1.54, 1.807) is 6.07 Å². The molecule has 391 valence electrons. The molecule has 7 heteroatoms. The van der Waals surface area contributed by atoms with Crippen LogP contribution in [0.3, 0.4) is 0 Å². The second-order valence-electron chi connectivity index (χ2n) is 25.0. The van der Waals surface area contributed by atoms with Crippen LogP contribution in [0.2, 0.25) is 0 Å². The second kappa shape index (κ2) is 20.8. The number of halogens is 1. The predicted octanol–water partition coefficient (Wildman–Crippen LogP) is 16.8. The maximum Gasteiger partial charge on any atom is 0.252 e.